The SMILES string of the molecule is C.COc1cc(N2CCN(C(=O)CCl)[C@@H](C)C2)ccc1Cl.COc1cc(N2CCN(C(=O)Cn3nc(-c4ccc(C)nc4)c(Cl)c3C)[C@@H](C)C2)ccc1Cl.Cc1ccc(-c2n[nH]c(C)c2Cl)cn1. The van der Waals surface area contributed by atoms with E-state index in [1.165, 1.54) is 0 Å². The number of carbonyl (C=O) groups is 2. The first kappa shape index (κ1) is 53.7. The van der Waals surface area contributed by atoms with Crippen LogP contribution in [-0.4, -0.2) is 123 Å². The number of aromatic nitrogens is 6. The molecule has 4 aromatic heterocycles. The van der Waals surface area contributed by atoms with Crippen LogP contribution < -0.4 is 19.3 Å². The molecule has 0 bridgehead atoms. The first-order valence-corrected chi connectivity index (χ1v) is 23.7. The van der Waals surface area contributed by atoms with E-state index in [1.54, 1.807) is 31.3 Å². The van der Waals surface area contributed by atoms with Gasteiger partial charge in [-0.05, 0) is 90.1 Å². The number of H-pyrrole nitrogens is 1. The van der Waals surface area contributed by atoms with Crippen molar-refractivity contribution in [2.45, 2.75) is 67.6 Å². The largest absolute Gasteiger partial charge is 0.495 e. The summed E-state index contributed by atoms with van der Waals surface area (Å²) in [6.45, 7) is 16.2. The van der Waals surface area contributed by atoms with Crippen molar-refractivity contribution in [1.82, 2.24) is 39.7 Å². The maximum absolute atomic E-state index is 13.2. The first-order valence-electron chi connectivity index (χ1n) is 21.6. The number of halogens is 5. The molecule has 19 heteroatoms. The fourth-order valence-electron chi connectivity index (χ4n) is 7.80. The van der Waals surface area contributed by atoms with Gasteiger partial charge in [0.25, 0.3) is 0 Å². The maximum Gasteiger partial charge on any atom is 0.244 e. The predicted molar refractivity (Wildman–Crippen MR) is 276 cm³/mol. The molecule has 2 aromatic carbocycles. The highest BCUT2D eigenvalue weighted by Gasteiger charge is 2.30. The van der Waals surface area contributed by atoms with Crippen LogP contribution in [0, 0.1) is 27.7 Å². The van der Waals surface area contributed by atoms with E-state index in [4.69, 9.17) is 67.5 Å². The number of ether oxygens (including phenoxy) is 2. The number of nitrogens with one attached hydrogen (secondary N) is 1. The van der Waals surface area contributed by atoms with Crippen LogP contribution >= 0.6 is 58.0 Å². The highest BCUT2D eigenvalue weighted by molar-refractivity contribution is 6.34. The molecule has 68 heavy (non-hydrogen) atoms. The lowest BCUT2D eigenvalue weighted by Gasteiger charge is -2.41. The number of hydrogen-bond donors (Lipinski definition) is 1. The van der Waals surface area contributed by atoms with E-state index in [2.05, 4.69) is 42.0 Å². The Labute approximate surface area is 424 Å². The van der Waals surface area contributed by atoms with E-state index in [9.17, 15) is 9.59 Å². The second-order valence-corrected chi connectivity index (χ2v) is 18.2. The molecular weight excluding hydrogens is 970 g/mol. The van der Waals surface area contributed by atoms with Gasteiger partial charge in [-0.1, -0.05) is 53.8 Å². The van der Waals surface area contributed by atoms with Crippen molar-refractivity contribution >= 4 is 81.2 Å². The van der Waals surface area contributed by atoms with Gasteiger partial charge in [-0.15, -0.1) is 11.6 Å². The number of benzene rings is 2. The molecule has 6 heterocycles. The quantitative estimate of drug-likeness (QED) is 0.139. The number of alkyl halides is 1. The summed E-state index contributed by atoms with van der Waals surface area (Å²) in [7, 11) is 3.21. The number of nitrogens with zero attached hydrogens (tertiary/aromatic N) is 9. The van der Waals surface area contributed by atoms with Gasteiger partial charge in [-0.3, -0.25) is 29.3 Å². The third-order valence-corrected chi connectivity index (χ3v) is 13.4. The molecule has 2 saturated heterocycles. The van der Waals surface area contributed by atoms with Crippen molar-refractivity contribution in [3.05, 3.63) is 116 Å². The Hall–Kier alpha value is -5.25. The number of piperazine rings is 2. The molecular formula is C49H59Cl5N10O4. The highest BCUT2D eigenvalue weighted by Crippen LogP contribution is 2.33. The summed E-state index contributed by atoms with van der Waals surface area (Å²) >= 11 is 30.4. The molecule has 0 radical (unpaired) electrons. The summed E-state index contributed by atoms with van der Waals surface area (Å²) in [5, 5.41) is 14.0. The zero-order valence-electron chi connectivity index (χ0n) is 38.8. The highest BCUT2D eigenvalue weighted by atomic mass is 35.5. The number of methoxy groups -OCH3 is 2. The van der Waals surface area contributed by atoms with Gasteiger partial charge in [0.05, 0.1) is 45.7 Å². The summed E-state index contributed by atoms with van der Waals surface area (Å²) in [5.41, 5.74) is 8.80. The Balaban J connectivity index is 0.000000209. The number of pyridine rings is 2. The maximum atomic E-state index is 13.2. The Morgan fingerprint density at radius 1 is 0.676 bits per heavy atom. The molecule has 2 aliphatic heterocycles. The van der Waals surface area contributed by atoms with Crippen molar-refractivity contribution in [2.75, 3.05) is 69.2 Å². The topological polar surface area (TPSA) is 138 Å². The molecule has 14 nitrogen and oxygen atoms in total. The molecule has 1 N–H and O–H groups in total. The van der Waals surface area contributed by atoms with E-state index >= 15 is 0 Å². The number of aromatic amines is 1. The smallest absolute Gasteiger partial charge is 0.244 e. The van der Waals surface area contributed by atoms with Gasteiger partial charge in [0.15, 0.2) is 0 Å². The normalized spacial score (nSPS) is 15.7. The second kappa shape index (κ2) is 24.3. The average molecular weight is 1030 g/mol. The van der Waals surface area contributed by atoms with Gasteiger partial charge in [-0.2, -0.15) is 10.2 Å². The lowest BCUT2D eigenvalue weighted by Crippen LogP contribution is -2.54. The molecule has 0 saturated carbocycles. The van der Waals surface area contributed by atoms with Crippen LogP contribution in [0.5, 0.6) is 11.5 Å². The fraction of sp³-hybridized carbons (Fsp3) is 0.388. The number of carbonyl (C=O) groups excluding carboxylic acids is 2. The van der Waals surface area contributed by atoms with Crippen molar-refractivity contribution in [3.63, 3.8) is 0 Å². The number of aryl methyl sites for hydroxylation is 3. The zero-order chi connectivity index (χ0) is 48.5. The van der Waals surface area contributed by atoms with Crippen LogP contribution in [0.25, 0.3) is 22.5 Å². The number of rotatable bonds is 9. The van der Waals surface area contributed by atoms with Crippen LogP contribution in [0.15, 0.2) is 73.1 Å². The molecule has 6 aromatic rings. The van der Waals surface area contributed by atoms with Gasteiger partial charge in [0.1, 0.15) is 35.3 Å². The molecule has 364 valence electrons. The van der Waals surface area contributed by atoms with E-state index in [-0.39, 0.29) is 43.7 Å². The van der Waals surface area contributed by atoms with Crippen LogP contribution in [0.2, 0.25) is 20.1 Å². The molecule has 0 spiro atoms. The Bertz CT molecular complexity index is 2640. The van der Waals surface area contributed by atoms with Gasteiger partial charge in [-0.25, -0.2) is 0 Å². The zero-order valence-corrected chi connectivity index (χ0v) is 42.6. The molecule has 0 unspecified atom stereocenters. The average Bonchev–Trinajstić information content (AvgIpc) is 3.81. The minimum atomic E-state index is -0.00694. The van der Waals surface area contributed by atoms with Crippen molar-refractivity contribution < 1.29 is 19.1 Å². The van der Waals surface area contributed by atoms with E-state index in [1.807, 2.05) is 105 Å². The summed E-state index contributed by atoms with van der Waals surface area (Å²) in [4.78, 5) is 41.6. The fourth-order valence-corrected chi connectivity index (χ4v) is 8.78. The summed E-state index contributed by atoms with van der Waals surface area (Å²) in [6, 6.07) is 19.4. The molecule has 2 amide bonds. The summed E-state index contributed by atoms with van der Waals surface area (Å²) < 4.78 is 12.3. The minimum Gasteiger partial charge on any atom is -0.495 e. The Kier molecular flexibility index (Phi) is 19.2. The standard InChI is InChI=1S/C24H27Cl2N5O2.C14H18Cl2N2O2.C10H10ClN3.CH4/c1-15-5-6-18(12-27-15)24-23(26)17(3)31(28-24)14-22(32)30-10-9-29(13-16(30)2)19-7-8-20(25)21(11-19)33-4;1-10-9-17(5-6-18(10)14(19)8-15)11-3-4-12(16)13(7-11)20-2;1-6-3-4-8(5-12-6)10-9(11)7(2)13-14-10;/h5-8,11-12,16H,9-10,13-14H2,1-4H3;3-4,7,10H,5-6,8-9H2,1-2H3;3-5H,1-2H3,(H,13,14);1H4/t16-;10-;;/m00../s1. The Morgan fingerprint density at radius 3 is 1.57 bits per heavy atom. The lowest BCUT2D eigenvalue weighted by atomic mass is 10.1. The third-order valence-electron chi connectivity index (χ3n) is 11.7. The van der Waals surface area contributed by atoms with Crippen LogP contribution in [0.4, 0.5) is 11.4 Å². The predicted octanol–water partition coefficient (Wildman–Crippen LogP) is 10.6. The molecule has 2 aliphatic rings. The van der Waals surface area contributed by atoms with Crippen molar-refractivity contribution in [2.24, 2.45) is 0 Å². The first-order chi connectivity index (χ1) is 32.0. The monoisotopic (exact) mass is 1030 g/mol. The van der Waals surface area contributed by atoms with E-state index in [0.29, 0.717) is 50.4 Å². The minimum absolute atomic E-state index is 0. The van der Waals surface area contributed by atoms with E-state index < -0.39 is 0 Å². The van der Waals surface area contributed by atoms with E-state index in [0.717, 1.165) is 77.2 Å². The van der Waals surface area contributed by atoms with Crippen LogP contribution in [0.1, 0.15) is 44.0 Å². The number of hydrogen-bond acceptors (Lipinski definition) is 10. The van der Waals surface area contributed by atoms with Crippen LogP contribution in [0.3, 0.4) is 0 Å². The van der Waals surface area contributed by atoms with Crippen LogP contribution in [-0.2, 0) is 16.1 Å². The Morgan fingerprint density at radius 2 is 1.16 bits per heavy atom. The third kappa shape index (κ3) is 12.9. The second-order valence-electron chi connectivity index (χ2n) is 16.3. The van der Waals surface area contributed by atoms with Gasteiger partial charge < -0.3 is 29.1 Å². The lowest BCUT2D eigenvalue weighted by molar-refractivity contribution is -0.134. The number of amides is 2. The summed E-state index contributed by atoms with van der Waals surface area (Å²) in [5.74, 6) is 1.36. The molecule has 0 aliphatic carbocycles. The molecule has 2 fully saturated rings. The molecule has 8 rings (SSSR count). The van der Waals surface area contributed by atoms with Gasteiger partial charge >= 0.3 is 0 Å². The molecule has 2 atom stereocenters. The number of anilines is 2. The van der Waals surface area contributed by atoms with Crippen molar-refractivity contribution in [3.8, 4) is 34.0 Å². The van der Waals surface area contributed by atoms with Gasteiger partial charge in [0.2, 0.25) is 11.8 Å². The van der Waals surface area contributed by atoms with Crippen molar-refractivity contribution in [1.29, 1.82) is 0 Å². The van der Waals surface area contributed by atoms with Gasteiger partial charge in [0, 0.05) is 110 Å². The summed E-state index contributed by atoms with van der Waals surface area (Å²) in [6.07, 6.45) is 3.53.